The van der Waals surface area contributed by atoms with E-state index in [0.717, 1.165) is 0 Å². The van der Waals surface area contributed by atoms with Crippen molar-refractivity contribution >= 4 is 0 Å². The number of nitrogens with two attached hydrogens (primary N) is 1. The molecule has 0 spiro atoms. The Hall–Kier alpha value is -0.220. The first-order chi connectivity index (χ1) is 6.76. The SMILES string of the molecule is CC(C)(C)C(NN)C1CCC(F)(F)CC1. The zero-order valence-electron chi connectivity index (χ0n) is 9.82. The Labute approximate surface area is 90.6 Å². The molecule has 1 unspecified atom stereocenters. The standard InChI is InChI=1S/C11H22F2N2/c1-10(2,3)9(15-14)8-4-6-11(12,13)7-5-8/h8-9,15H,4-7,14H2,1-3H3. The Morgan fingerprint density at radius 3 is 2.07 bits per heavy atom. The summed E-state index contributed by atoms with van der Waals surface area (Å²) < 4.78 is 26.0. The maximum atomic E-state index is 13.0. The molecular formula is C11H22F2N2. The van der Waals surface area contributed by atoms with Gasteiger partial charge in [0, 0.05) is 18.9 Å². The zero-order valence-corrected chi connectivity index (χ0v) is 9.82. The van der Waals surface area contributed by atoms with Crippen LogP contribution in [-0.2, 0) is 0 Å². The Bertz CT molecular complexity index is 201. The summed E-state index contributed by atoms with van der Waals surface area (Å²) in [6.45, 7) is 6.26. The summed E-state index contributed by atoms with van der Waals surface area (Å²) in [7, 11) is 0. The van der Waals surface area contributed by atoms with Gasteiger partial charge in [-0.05, 0) is 24.2 Å². The summed E-state index contributed by atoms with van der Waals surface area (Å²) >= 11 is 0. The maximum absolute atomic E-state index is 13.0. The molecule has 0 bridgehead atoms. The molecular weight excluding hydrogens is 198 g/mol. The van der Waals surface area contributed by atoms with Crippen molar-refractivity contribution in [3.8, 4) is 0 Å². The molecule has 1 rings (SSSR count). The maximum Gasteiger partial charge on any atom is 0.248 e. The fourth-order valence-electron chi connectivity index (χ4n) is 2.49. The minimum absolute atomic E-state index is 0.00588. The number of nitrogens with one attached hydrogen (secondary N) is 1. The van der Waals surface area contributed by atoms with E-state index in [2.05, 4.69) is 26.2 Å². The zero-order chi connectivity index (χ0) is 11.7. The van der Waals surface area contributed by atoms with Gasteiger partial charge in [-0.25, -0.2) is 8.78 Å². The van der Waals surface area contributed by atoms with Gasteiger partial charge in [-0.1, -0.05) is 20.8 Å². The van der Waals surface area contributed by atoms with Crippen LogP contribution in [0.3, 0.4) is 0 Å². The fraction of sp³-hybridized carbons (Fsp3) is 1.00. The molecule has 1 aliphatic carbocycles. The predicted octanol–water partition coefficient (Wildman–Crippen LogP) is 2.69. The van der Waals surface area contributed by atoms with E-state index >= 15 is 0 Å². The molecule has 4 heteroatoms. The molecule has 15 heavy (non-hydrogen) atoms. The number of hydrogen-bond donors (Lipinski definition) is 2. The molecule has 1 aliphatic rings. The minimum atomic E-state index is -2.45. The summed E-state index contributed by atoms with van der Waals surface area (Å²) in [5.41, 5.74) is 2.81. The van der Waals surface area contributed by atoms with Crippen LogP contribution >= 0.6 is 0 Å². The third kappa shape index (κ3) is 3.38. The summed E-state index contributed by atoms with van der Waals surface area (Å²) in [4.78, 5) is 0. The molecule has 0 aromatic carbocycles. The lowest BCUT2D eigenvalue weighted by molar-refractivity contribution is -0.0546. The average Bonchev–Trinajstić information content (AvgIpc) is 2.06. The van der Waals surface area contributed by atoms with Gasteiger partial charge in [0.2, 0.25) is 5.92 Å². The molecule has 1 fully saturated rings. The van der Waals surface area contributed by atoms with E-state index in [1.165, 1.54) is 0 Å². The van der Waals surface area contributed by atoms with Gasteiger partial charge in [-0.2, -0.15) is 0 Å². The number of hydrogen-bond acceptors (Lipinski definition) is 2. The molecule has 1 saturated carbocycles. The fourth-order valence-corrected chi connectivity index (χ4v) is 2.49. The van der Waals surface area contributed by atoms with Crippen molar-refractivity contribution in [3.63, 3.8) is 0 Å². The molecule has 0 saturated heterocycles. The van der Waals surface area contributed by atoms with Gasteiger partial charge >= 0.3 is 0 Å². The summed E-state index contributed by atoms with van der Waals surface area (Å²) in [5.74, 6) is 3.34. The van der Waals surface area contributed by atoms with Crippen molar-refractivity contribution in [2.75, 3.05) is 0 Å². The van der Waals surface area contributed by atoms with E-state index in [-0.39, 0.29) is 30.2 Å². The Kier molecular flexibility index (Phi) is 3.71. The minimum Gasteiger partial charge on any atom is -0.271 e. The highest BCUT2D eigenvalue weighted by molar-refractivity contribution is 4.89. The van der Waals surface area contributed by atoms with Crippen molar-refractivity contribution < 1.29 is 8.78 Å². The number of alkyl halides is 2. The summed E-state index contributed by atoms with van der Waals surface area (Å²) in [6.07, 6.45) is 1.15. The van der Waals surface area contributed by atoms with Crippen LogP contribution in [0.5, 0.6) is 0 Å². The number of rotatable bonds is 2. The lowest BCUT2D eigenvalue weighted by Gasteiger charge is -2.40. The van der Waals surface area contributed by atoms with Crippen LogP contribution in [0.4, 0.5) is 8.78 Å². The van der Waals surface area contributed by atoms with Crippen molar-refractivity contribution in [1.29, 1.82) is 0 Å². The van der Waals surface area contributed by atoms with Gasteiger partial charge in [0.05, 0.1) is 0 Å². The first-order valence-electron chi connectivity index (χ1n) is 5.60. The second-order valence-corrected chi connectivity index (χ2v) is 5.70. The first kappa shape index (κ1) is 12.8. The van der Waals surface area contributed by atoms with E-state index in [1.54, 1.807) is 0 Å². The van der Waals surface area contributed by atoms with Gasteiger partial charge in [0.25, 0.3) is 0 Å². The summed E-state index contributed by atoms with van der Waals surface area (Å²) in [6, 6.07) is 0.119. The van der Waals surface area contributed by atoms with Gasteiger partial charge < -0.3 is 0 Å². The number of hydrazine groups is 1. The van der Waals surface area contributed by atoms with Crippen molar-refractivity contribution in [2.45, 2.75) is 58.4 Å². The van der Waals surface area contributed by atoms with Crippen LogP contribution in [0.2, 0.25) is 0 Å². The second-order valence-electron chi connectivity index (χ2n) is 5.70. The first-order valence-corrected chi connectivity index (χ1v) is 5.60. The molecule has 0 aromatic heterocycles. The smallest absolute Gasteiger partial charge is 0.248 e. The molecule has 90 valence electrons. The van der Waals surface area contributed by atoms with Crippen LogP contribution in [-0.4, -0.2) is 12.0 Å². The molecule has 1 atom stereocenters. The number of halogens is 2. The molecule has 0 heterocycles. The highest BCUT2D eigenvalue weighted by Crippen LogP contribution is 2.40. The molecule has 0 aliphatic heterocycles. The summed E-state index contributed by atoms with van der Waals surface area (Å²) in [5, 5.41) is 0. The van der Waals surface area contributed by atoms with E-state index < -0.39 is 5.92 Å². The van der Waals surface area contributed by atoms with E-state index in [0.29, 0.717) is 12.8 Å². The van der Waals surface area contributed by atoms with E-state index in [9.17, 15) is 8.78 Å². The predicted molar refractivity (Wildman–Crippen MR) is 57.5 cm³/mol. The van der Waals surface area contributed by atoms with Gasteiger partial charge in [0.15, 0.2) is 0 Å². The van der Waals surface area contributed by atoms with Gasteiger partial charge in [-0.15, -0.1) is 0 Å². The molecule has 3 N–H and O–H groups in total. The Morgan fingerprint density at radius 2 is 1.73 bits per heavy atom. The van der Waals surface area contributed by atoms with Crippen LogP contribution in [0.15, 0.2) is 0 Å². The Balaban J connectivity index is 2.58. The van der Waals surface area contributed by atoms with Crippen LogP contribution in [0, 0.1) is 11.3 Å². The molecule has 0 aromatic rings. The lowest BCUT2D eigenvalue weighted by Crippen LogP contribution is -2.50. The topological polar surface area (TPSA) is 38.0 Å². The average molecular weight is 220 g/mol. The third-order valence-corrected chi connectivity index (χ3v) is 3.35. The monoisotopic (exact) mass is 220 g/mol. The van der Waals surface area contributed by atoms with Crippen LogP contribution in [0.25, 0.3) is 0 Å². The Morgan fingerprint density at radius 1 is 1.27 bits per heavy atom. The highest BCUT2D eigenvalue weighted by atomic mass is 19.3. The largest absolute Gasteiger partial charge is 0.271 e. The second kappa shape index (κ2) is 4.34. The van der Waals surface area contributed by atoms with Crippen LogP contribution in [0.1, 0.15) is 46.5 Å². The highest BCUT2D eigenvalue weighted by Gasteiger charge is 2.40. The van der Waals surface area contributed by atoms with Crippen molar-refractivity contribution in [3.05, 3.63) is 0 Å². The van der Waals surface area contributed by atoms with E-state index in [1.807, 2.05) is 0 Å². The van der Waals surface area contributed by atoms with Gasteiger partial charge in [-0.3, -0.25) is 11.3 Å². The lowest BCUT2D eigenvalue weighted by atomic mass is 9.72. The van der Waals surface area contributed by atoms with E-state index in [4.69, 9.17) is 5.84 Å². The van der Waals surface area contributed by atoms with Crippen molar-refractivity contribution in [1.82, 2.24) is 5.43 Å². The van der Waals surface area contributed by atoms with Crippen molar-refractivity contribution in [2.24, 2.45) is 17.2 Å². The normalized spacial score (nSPS) is 25.2. The third-order valence-electron chi connectivity index (χ3n) is 3.35. The molecule has 0 radical (unpaired) electrons. The quantitative estimate of drug-likeness (QED) is 0.554. The van der Waals surface area contributed by atoms with Crippen LogP contribution < -0.4 is 11.3 Å². The molecule has 2 nitrogen and oxygen atoms in total. The molecule has 0 amide bonds. The van der Waals surface area contributed by atoms with Gasteiger partial charge in [0.1, 0.15) is 0 Å².